The lowest BCUT2D eigenvalue weighted by Gasteiger charge is -2.22. The Hall–Kier alpha value is -1.41. The van der Waals surface area contributed by atoms with Gasteiger partial charge in [0.1, 0.15) is 0 Å². The molecular weight excluding hydrogens is 270 g/mol. The third-order valence-corrected chi connectivity index (χ3v) is 6.73. The first-order valence-corrected chi connectivity index (χ1v) is 11.5. The van der Waals surface area contributed by atoms with Crippen molar-refractivity contribution in [2.24, 2.45) is 0 Å². The van der Waals surface area contributed by atoms with Crippen LogP contribution in [0.2, 0.25) is 19.6 Å². The molecule has 1 heterocycles. The number of aryl methyl sites for hydroxylation is 2. The highest BCUT2D eigenvalue weighted by Gasteiger charge is 2.20. The number of hydrogen-bond acceptors (Lipinski definition) is 1. The van der Waals surface area contributed by atoms with Crippen molar-refractivity contribution in [2.75, 3.05) is 0 Å². The molecule has 0 radical (unpaired) electrons. The fourth-order valence-corrected chi connectivity index (χ4v) is 5.22. The molecule has 0 aliphatic heterocycles. The molecule has 2 aromatic rings. The molecule has 1 aromatic carbocycles. The Labute approximate surface area is 129 Å². The van der Waals surface area contributed by atoms with E-state index in [1.165, 1.54) is 53.1 Å². The second-order valence-electron chi connectivity index (χ2n) is 7.28. The SMILES string of the molecule is Cc1cc(-c2cccc3c2CCCC3)ncc1[Si](C)(C)C. The lowest BCUT2D eigenvalue weighted by molar-refractivity contribution is 0.686. The number of fused-ring (bicyclic) bond motifs is 1. The van der Waals surface area contributed by atoms with Crippen molar-refractivity contribution in [3.05, 3.63) is 47.2 Å². The largest absolute Gasteiger partial charge is 0.256 e. The highest BCUT2D eigenvalue weighted by Crippen LogP contribution is 2.30. The lowest BCUT2D eigenvalue weighted by atomic mass is 9.87. The maximum absolute atomic E-state index is 4.82. The fourth-order valence-electron chi connectivity index (χ4n) is 3.51. The van der Waals surface area contributed by atoms with Gasteiger partial charge < -0.3 is 0 Å². The molecule has 3 rings (SSSR count). The van der Waals surface area contributed by atoms with Crippen molar-refractivity contribution in [3.63, 3.8) is 0 Å². The van der Waals surface area contributed by atoms with Crippen molar-refractivity contribution >= 4 is 13.3 Å². The molecule has 0 atom stereocenters. The van der Waals surface area contributed by atoms with Gasteiger partial charge in [-0.05, 0) is 60.6 Å². The quantitative estimate of drug-likeness (QED) is 0.744. The molecule has 110 valence electrons. The summed E-state index contributed by atoms with van der Waals surface area (Å²) in [4.78, 5) is 4.82. The van der Waals surface area contributed by atoms with Gasteiger partial charge in [-0.1, -0.05) is 37.8 Å². The Kier molecular flexibility index (Phi) is 3.74. The molecule has 0 saturated carbocycles. The van der Waals surface area contributed by atoms with Crippen LogP contribution in [0.1, 0.15) is 29.5 Å². The number of nitrogens with zero attached hydrogens (tertiary/aromatic N) is 1. The number of hydrogen-bond donors (Lipinski definition) is 0. The second-order valence-corrected chi connectivity index (χ2v) is 12.3. The molecule has 0 N–H and O–H groups in total. The van der Waals surface area contributed by atoms with E-state index in [0.29, 0.717) is 0 Å². The fraction of sp³-hybridized carbons (Fsp3) is 0.421. The summed E-state index contributed by atoms with van der Waals surface area (Å²) in [6.45, 7) is 9.41. The van der Waals surface area contributed by atoms with Crippen LogP contribution < -0.4 is 5.19 Å². The molecular formula is C19H25NSi. The molecule has 0 amide bonds. The highest BCUT2D eigenvalue weighted by molar-refractivity contribution is 6.89. The maximum atomic E-state index is 4.82. The third-order valence-electron chi connectivity index (χ3n) is 4.59. The first kappa shape index (κ1) is 14.5. The van der Waals surface area contributed by atoms with Crippen molar-refractivity contribution in [1.82, 2.24) is 4.98 Å². The molecule has 1 nitrogen and oxygen atoms in total. The van der Waals surface area contributed by atoms with Crippen molar-refractivity contribution in [2.45, 2.75) is 52.2 Å². The summed E-state index contributed by atoms with van der Waals surface area (Å²) in [5.41, 5.74) is 7.00. The van der Waals surface area contributed by atoms with Crippen LogP contribution in [0, 0.1) is 6.92 Å². The van der Waals surface area contributed by atoms with Gasteiger partial charge in [-0.2, -0.15) is 0 Å². The summed E-state index contributed by atoms with van der Waals surface area (Å²) in [6, 6.07) is 9.04. The topological polar surface area (TPSA) is 12.9 Å². The molecule has 0 saturated heterocycles. The minimum absolute atomic E-state index is 1.16. The van der Waals surface area contributed by atoms with E-state index in [0.717, 1.165) is 5.69 Å². The monoisotopic (exact) mass is 295 g/mol. The van der Waals surface area contributed by atoms with Gasteiger partial charge >= 0.3 is 0 Å². The molecule has 21 heavy (non-hydrogen) atoms. The summed E-state index contributed by atoms with van der Waals surface area (Å²) in [6.07, 6.45) is 7.23. The van der Waals surface area contributed by atoms with E-state index in [2.05, 4.69) is 57.0 Å². The average Bonchev–Trinajstić information content (AvgIpc) is 2.45. The molecule has 1 aliphatic rings. The van der Waals surface area contributed by atoms with E-state index in [1.807, 2.05) is 0 Å². The molecule has 2 heteroatoms. The van der Waals surface area contributed by atoms with Crippen LogP contribution in [0.3, 0.4) is 0 Å². The summed E-state index contributed by atoms with van der Waals surface area (Å²) in [5.74, 6) is 0. The average molecular weight is 296 g/mol. The zero-order chi connectivity index (χ0) is 15.0. The zero-order valence-electron chi connectivity index (χ0n) is 13.7. The number of benzene rings is 1. The third kappa shape index (κ3) is 2.82. The first-order valence-electron chi connectivity index (χ1n) is 8.05. The molecule has 0 bridgehead atoms. The van der Waals surface area contributed by atoms with Gasteiger partial charge in [0.2, 0.25) is 0 Å². The van der Waals surface area contributed by atoms with Gasteiger partial charge in [-0.3, -0.25) is 4.98 Å². The standard InChI is InChI=1S/C19H25NSi/c1-14-12-18(20-13-19(14)21(2,3)4)17-11-7-9-15-8-5-6-10-16(15)17/h7,9,11-13H,5-6,8,10H2,1-4H3. The molecule has 1 aromatic heterocycles. The summed E-state index contributed by atoms with van der Waals surface area (Å²) in [5, 5.41) is 1.48. The smallest absolute Gasteiger partial charge is 0.0799 e. The van der Waals surface area contributed by atoms with Crippen molar-refractivity contribution in [1.29, 1.82) is 0 Å². The number of aromatic nitrogens is 1. The van der Waals surface area contributed by atoms with Gasteiger partial charge in [0.15, 0.2) is 0 Å². The molecule has 0 unspecified atom stereocenters. The summed E-state index contributed by atoms with van der Waals surface area (Å²) in [7, 11) is -1.29. The Morgan fingerprint density at radius 1 is 1.05 bits per heavy atom. The Morgan fingerprint density at radius 3 is 2.52 bits per heavy atom. The van der Waals surface area contributed by atoms with E-state index in [4.69, 9.17) is 4.98 Å². The molecule has 0 fully saturated rings. The van der Waals surface area contributed by atoms with E-state index in [9.17, 15) is 0 Å². The highest BCUT2D eigenvalue weighted by atomic mass is 28.3. The minimum atomic E-state index is -1.29. The predicted octanol–water partition coefficient (Wildman–Crippen LogP) is 4.48. The molecule has 0 spiro atoms. The maximum Gasteiger partial charge on any atom is 0.0799 e. The van der Waals surface area contributed by atoms with E-state index in [-0.39, 0.29) is 0 Å². The van der Waals surface area contributed by atoms with Gasteiger partial charge in [0.05, 0.1) is 13.8 Å². The second kappa shape index (κ2) is 5.41. The number of rotatable bonds is 2. The summed E-state index contributed by atoms with van der Waals surface area (Å²) < 4.78 is 0. The van der Waals surface area contributed by atoms with Gasteiger partial charge in [0, 0.05) is 11.8 Å². The van der Waals surface area contributed by atoms with Gasteiger partial charge in [-0.15, -0.1) is 0 Å². The number of pyridine rings is 1. The molecule has 1 aliphatic carbocycles. The lowest BCUT2D eigenvalue weighted by Crippen LogP contribution is -2.39. The van der Waals surface area contributed by atoms with Crippen LogP contribution in [0.15, 0.2) is 30.5 Å². The van der Waals surface area contributed by atoms with Crippen molar-refractivity contribution < 1.29 is 0 Å². The predicted molar refractivity (Wildman–Crippen MR) is 94.0 cm³/mol. The van der Waals surface area contributed by atoms with Crippen LogP contribution in [-0.2, 0) is 12.8 Å². The van der Waals surface area contributed by atoms with Crippen LogP contribution in [-0.4, -0.2) is 13.1 Å². The normalized spacial score (nSPS) is 14.9. The first-order chi connectivity index (χ1) is 9.97. The Bertz CT molecular complexity index is 668. The van der Waals surface area contributed by atoms with Crippen LogP contribution in [0.25, 0.3) is 11.3 Å². The van der Waals surface area contributed by atoms with Crippen molar-refractivity contribution in [3.8, 4) is 11.3 Å². The Balaban J connectivity index is 2.08. The van der Waals surface area contributed by atoms with E-state index < -0.39 is 8.07 Å². The summed E-state index contributed by atoms with van der Waals surface area (Å²) >= 11 is 0. The Morgan fingerprint density at radius 2 is 1.81 bits per heavy atom. The zero-order valence-corrected chi connectivity index (χ0v) is 14.7. The van der Waals surface area contributed by atoms with Crippen LogP contribution >= 0.6 is 0 Å². The van der Waals surface area contributed by atoms with E-state index >= 15 is 0 Å². The van der Waals surface area contributed by atoms with Crippen LogP contribution in [0.4, 0.5) is 0 Å². The minimum Gasteiger partial charge on any atom is -0.256 e. The van der Waals surface area contributed by atoms with E-state index in [1.54, 1.807) is 0 Å². The van der Waals surface area contributed by atoms with Crippen LogP contribution in [0.5, 0.6) is 0 Å². The van der Waals surface area contributed by atoms with Gasteiger partial charge in [-0.25, -0.2) is 0 Å². The van der Waals surface area contributed by atoms with Gasteiger partial charge in [0.25, 0.3) is 0 Å².